The van der Waals surface area contributed by atoms with E-state index in [1.54, 1.807) is 13.0 Å². The second kappa shape index (κ2) is 7.79. The van der Waals surface area contributed by atoms with E-state index in [-0.39, 0.29) is 17.7 Å². The van der Waals surface area contributed by atoms with Gasteiger partial charge in [0, 0.05) is 31.5 Å². The predicted octanol–water partition coefficient (Wildman–Crippen LogP) is 1.55. The lowest BCUT2D eigenvalue weighted by Crippen LogP contribution is -2.41. The molecule has 1 aromatic heterocycles. The molecule has 2 saturated heterocycles. The summed E-state index contributed by atoms with van der Waals surface area (Å²) in [5.74, 6) is 1.90. The summed E-state index contributed by atoms with van der Waals surface area (Å²) < 4.78 is 4.95. The van der Waals surface area contributed by atoms with Crippen molar-refractivity contribution in [3.8, 4) is 0 Å². The van der Waals surface area contributed by atoms with Crippen LogP contribution in [0.2, 0.25) is 0 Å². The molecule has 0 bridgehead atoms. The molecule has 132 valence electrons. The van der Waals surface area contributed by atoms with Crippen LogP contribution in [0.5, 0.6) is 0 Å². The molecule has 2 aliphatic rings. The Morgan fingerprint density at radius 1 is 1.38 bits per heavy atom. The molecule has 3 heterocycles. The molecule has 3 rings (SSSR count). The first-order valence-corrected chi connectivity index (χ1v) is 8.84. The summed E-state index contributed by atoms with van der Waals surface area (Å²) >= 11 is 0. The Hall–Kier alpha value is -1.89. The van der Waals surface area contributed by atoms with Crippen LogP contribution in [0, 0.1) is 18.8 Å². The van der Waals surface area contributed by atoms with Crippen molar-refractivity contribution in [2.75, 3.05) is 31.5 Å². The first-order valence-electron chi connectivity index (χ1n) is 8.84. The van der Waals surface area contributed by atoms with E-state index in [1.165, 1.54) is 6.42 Å². The van der Waals surface area contributed by atoms with E-state index in [2.05, 4.69) is 15.8 Å². The number of nitrogens with zero attached hydrogens (tertiary/aromatic N) is 2. The highest BCUT2D eigenvalue weighted by Crippen LogP contribution is 2.21. The number of rotatable bonds is 5. The molecule has 0 aromatic carbocycles. The first kappa shape index (κ1) is 17.0. The van der Waals surface area contributed by atoms with E-state index in [1.807, 2.05) is 4.90 Å². The maximum atomic E-state index is 12.3. The van der Waals surface area contributed by atoms with Crippen molar-refractivity contribution >= 4 is 17.6 Å². The minimum atomic E-state index is -0.0647. The third kappa shape index (κ3) is 4.35. The zero-order valence-electron chi connectivity index (χ0n) is 14.2. The standard InChI is InChI=1S/C17H26N4O3/c1-12-10-15(20-24-12)19-17(23)14-5-8-21(9-6-14)16(22)3-2-13-4-7-18-11-13/h10,13-14,18H,2-9,11H2,1H3,(H,19,20,23). The zero-order valence-corrected chi connectivity index (χ0v) is 14.2. The van der Waals surface area contributed by atoms with Crippen molar-refractivity contribution in [2.24, 2.45) is 11.8 Å². The Morgan fingerprint density at radius 3 is 2.79 bits per heavy atom. The van der Waals surface area contributed by atoms with Gasteiger partial charge in [-0.2, -0.15) is 0 Å². The number of carbonyl (C=O) groups excluding carboxylic acids is 2. The molecule has 1 unspecified atom stereocenters. The average molecular weight is 334 g/mol. The smallest absolute Gasteiger partial charge is 0.228 e. The van der Waals surface area contributed by atoms with Crippen molar-refractivity contribution in [1.82, 2.24) is 15.4 Å². The molecule has 0 radical (unpaired) electrons. The average Bonchev–Trinajstić information content (AvgIpc) is 3.24. The number of hydrogen-bond acceptors (Lipinski definition) is 5. The quantitative estimate of drug-likeness (QED) is 0.853. The molecule has 0 spiro atoms. The summed E-state index contributed by atoms with van der Waals surface area (Å²) in [6.07, 6.45) is 4.19. The fraction of sp³-hybridized carbons (Fsp3) is 0.706. The lowest BCUT2D eigenvalue weighted by molar-refractivity contribution is -0.134. The zero-order chi connectivity index (χ0) is 16.9. The predicted molar refractivity (Wildman–Crippen MR) is 89.4 cm³/mol. The van der Waals surface area contributed by atoms with Gasteiger partial charge in [-0.3, -0.25) is 9.59 Å². The van der Waals surface area contributed by atoms with Crippen molar-refractivity contribution in [3.05, 3.63) is 11.8 Å². The largest absolute Gasteiger partial charge is 0.360 e. The number of hydrogen-bond donors (Lipinski definition) is 2. The van der Waals surface area contributed by atoms with Crippen molar-refractivity contribution in [2.45, 2.75) is 39.0 Å². The lowest BCUT2D eigenvalue weighted by atomic mass is 9.95. The number of amides is 2. The van der Waals surface area contributed by atoms with Crippen molar-refractivity contribution in [3.63, 3.8) is 0 Å². The van der Waals surface area contributed by atoms with Gasteiger partial charge < -0.3 is 20.1 Å². The van der Waals surface area contributed by atoms with Gasteiger partial charge in [0.25, 0.3) is 0 Å². The summed E-state index contributed by atoms with van der Waals surface area (Å²) in [5, 5.41) is 9.90. The van der Waals surface area contributed by atoms with Crippen LogP contribution in [0.4, 0.5) is 5.82 Å². The molecule has 2 amide bonds. The number of anilines is 1. The molecule has 7 nitrogen and oxygen atoms in total. The summed E-state index contributed by atoms with van der Waals surface area (Å²) in [7, 11) is 0. The van der Waals surface area contributed by atoms with Gasteiger partial charge in [0.15, 0.2) is 5.82 Å². The monoisotopic (exact) mass is 334 g/mol. The number of aryl methyl sites for hydroxylation is 1. The van der Waals surface area contributed by atoms with Gasteiger partial charge in [-0.1, -0.05) is 5.16 Å². The van der Waals surface area contributed by atoms with Gasteiger partial charge >= 0.3 is 0 Å². The fourth-order valence-corrected chi connectivity index (χ4v) is 3.49. The number of carbonyl (C=O) groups is 2. The van der Waals surface area contributed by atoms with Gasteiger partial charge in [-0.05, 0) is 51.6 Å². The maximum Gasteiger partial charge on any atom is 0.228 e. The molecular weight excluding hydrogens is 308 g/mol. The van der Waals surface area contributed by atoms with Gasteiger partial charge in [-0.15, -0.1) is 0 Å². The molecule has 0 saturated carbocycles. The van der Waals surface area contributed by atoms with E-state index in [4.69, 9.17) is 4.52 Å². The summed E-state index contributed by atoms with van der Waals surface area (Å²) in [5.41, 5.74) is 0. The highest BCUT2D eigenvalue weighted by molar-refractivity contribution is 5.91. The molecule has 2 fully saturated rings. The minimum Gasteiger partial charge on any atom is -0.360 e. The maximum absolute atomic E-state index is 12.3. The van der Waals surface area contributed by atoms with Gasteiger partial charge in [0.05, 0.1) is 0 Å². The van der Waals surface area contributed by atoms with Crippen LogP contribution in [-0.4, -0.2) is 48.0 Å². The van der Waals surface area contributed by atoms with Crippen LogP contribution < -0.4 is 10.6 Å². The van der Waals surface area contributed by atoms with Crippen LogP contribution in [0.15, 0.2) is 10.6 Å². The van der Waals surface area contributed by atoms with Crippen molar-refractivity contribution < 1.29 is 14.1 Å². The first-order chi connectivity index (χ1) is 11.6. The molecular formula is C17H26N4O3. The van der Waals surface area contributed by atoms with E-state index in [9.17, 15) is 9.59 Å². The van der Waals surface area contributed by atoms with E-state index in [0.717, 1.165) is 19.5 Å². The molecule has 1 aromatic rings. The van der Waals surface area contributed by atoms with Crippen LogP contribution in [-0.2, 0) is 9.59 Å². The summed E-state index contributed by atoms with van der Waals surface area (Å²) in [4.78, 5) is 26.5. The SMILES string of the molecule is Cc1cc(NC(=O)C2CCN(C(=O)CCC3CCNC3)CC2)no1. The van der Waals surface area contributed by atoms with E-state index < -0.39 is 0 Å². The topological polar surface area (TPSA) is 87.5 Å². The molecule has 2 aliphatic heterocycles. The molecule has 2 N–H and O–H groups in total. The Morgan fingerprint density at radius 2 is 2.17 bits per heavy atom. The van der Waals surface area contributed by atoms with E-state index in [0.29, 0.717) is 49.8 Å². The highest BCUT2D eigenvalue weighted by atomic mass is 16.5. The van der Waals surface area contributed by atoms with Crippen LogP contribution in [0.1, 0.15) is 37.9 Å². The third-order valence-corrected chi connectivity index (χ3v) is 5.03. The Bertz CT molecular complexity index is 572. The third-order valence-electron chi connectivity index (χ3n) is 5.03. The number of nitrogens with one attached hydrogen (secondary N) is 2. The van der Waals surface area contributed by atoms with Gasteiger partial charge in [0.2, 0.25) is 11.8 Å². The Labute approximate surface area is 142 Å². The van der Waals surface area contributed by atoms with Gasteiger partial charge in [0.1, 0.15) is 5.76 Å². The molecule has 7 heteroatoms. The van der Waals surface area contributed by atoms with E-state index >= 15 is 0 Å². The highest BCUT2D eigenvalue weighted by Gasteiger charge is 2.28. The molecule has 24 heavy (non-hydrogen) atoms. The molecule has 0 aliphatic carbocycles. The minimum absolute atomic E-state index is 0.0348. The second-order valence-electron chi connectivity index (χ2n) is 6.86. The van der Waals surface area contributed by atoms with Crippen molar-refractivity contribution in [1.29, 1.82) is 0 Å². The lowest BCUT2D eigenvalue weighted by Gasteiger charge is -2.31. The van der Waals surface area contributed by atoms with Crippen LogP contribution >= 0.6 is 0 Å². The Balaban J connectivity index is 1.39. The second-order valence-corrected chi connectivity index (χ2v) is 6.86. The normalized spacial score (nSPS) is 21.9. The fourth-order valence-electron chi connectivity index (χ4n) is 3.49. The number of likely N-dealkylation sites (tertiary alicyclic amines) is 1. The molecule has 1 atom stereocenters. The Kier molecular flexibility index (Phi) is 5.50. The van der Waals surface area contributed by atoms with Crippen LogP contribution in [0.25, 0.3) is 0 Å². The van der Waals surface area contributed by atoms with Gasteiger partial charge in [-0.25, -0.2) is 0 Å². The summed E-state index contributed by atoms with van der Waals surface area (Å²) in [6, 6.07) is 1.70. The number of aromatic nitrogens is 1. The number of piperidine rings is 1. The van der Waals surface area contributed by atoms with Crippen LogP contribution in [0.3, 0.4) is 0 Å². The summed E-state index contributed by atoms with van der Waals surface area (Å²) in [6.45, 7) is 5.23.